The fraction of sp³-hybridized carbons (Fsp3) is 0.579. The second-order valence-corrected chi connectivity index (χ2v) is 7.96. The van der Waals surface area contributed by atoms with E-state index in [9.17, 15) is 4.79 Å². The zero-order valence-corrected chi connectivity index (χ0v) is 15.9. The Labute approximate surface area is 153 Å². The van der Waals surface area contributed by atoms with E-state index >= 15 is 0 Å². The number of rotatable bonds is 3. The molecule has 0 bridgehead atoms. The van der Waals surface area contributed by atoms with Crippen LogP contribution in [0.15, 0.2) is 24.3 Å². The number of amides is 1. The molecule has 0 saturated carbocycles. The van der Waals surface area contributed by atoms with Gasteiger partial charge in [-0.3, -0.25) is 0 Å². The largest absolute Gasteiger partial charge is 0.444 e. The third-order valence-electron chi connectivity index (χ3n) is 4.46. The molecule has 0 N–H and O–H groups in total. The lowest BCUT2D eigenvalue weighted by Gasteiger charge is -2.34. The normalized spacial score (nSPS) is 18.6. The number of hydrogen-bond donors (Lipinski definition) is 0. The van der Waals surface area contributed by atoms with Crippen molar-refractivity contribution in [3.8, 4) is 0 Å². The number of imidazole rings is 1. The molecular weight excluding hydrogens is 338 g/mol. The molecule has 3 rings (SSSR count). The number of fused-ring (bicyclic) bond motifs is 1. The number of carbonyl (C=O) groups excluding carboxylic acids is 1. The van der Waals surface area contributed by atoms with Crippen molar-refractivity contribution in [2.75, 3.05) is 13.1 Å². The summed E-state index contributed by atoms with van der Waals surface area (Å²) in [6.07, 6.45) is 1.87. The molecule has 1 aromatic carbocycles. The number of para-hydroxylation sites is 2. The molecule has 136 valence electrons. The molecule has 0 unspecified atom stereocenters. The molecule has 0 spiro atoms. The number of likely N-dealkylation sites (tertiary alicyclic amines) is 1. The summed E-state index contributed by atoms with van der Waals surface area (Å²) < 4.78 is 7.72. The van der Waals surface area contributed by atoms with Crippen molar-refractivity contribution in [3.63, 3.8) is 0 Å². The zero-order valence-electron chi connectivity index (χ0n) is 15.2. The molecule has 5 nitrogen and oxygen atoms in total. The molecule has 2 aromatic rings. The predicted octanol–water partition coefficient (Wildman–Crippen LogP) is 4.42. The molecule has 1 aromatic heterocycles. The first kappa shape index (κ1) is 18.1. The number of hydrogen-bond acceptors (Lipinski definition) is 3. The minimum atomic E-state index is -0.462. The third kappa shape index (κ3) is 4.27. The lowest BCUT2D eigenvalue weighted by atomic mass is 9.98. The van der Waals surface area contributed by atoms with Crippen LogP contribution in [0.4, 0.5) is 4.79 Å². The fourth-order valence-corrected chi connectivity index (χ4v) is 3.60. The Hall–Kier alpha value is -1.75. The molecule has 1 aliphatic heterocycles. The number of piperidine rings is 1. The van der Waals surface area contributed by atoms with Crippen LogP contribution in [0, 0.1) is 5.92 Å². The lowest BCUT2D eigenvalue weighted by Crippen LogP contribution is -2.43. The van der Waals surface area contributed by atoms with Gasteiger partial charge < -0.3 is 14.2 Å². The summed E-state index contributed by atoms with van der Waals surface area (Å²) >= 11 is 6.11. The predicted molar refractivity (Wildman–Crippen MR) is 99.8 cm³/mol. The molecule has 1 atom stereocenters. The van der Waals surface area contributed by atoms with E-state index in [2.05, 4.69) is 15.6 Å². The van der Waals surface area contributed by atoms with Crippen LogP contribution < -0.4 is 0 Å². The molecule has 25 heavy (non-hydrogen) atoms. The maximum atomic E-state index is 12.4. The van der Waals surface area contributed by atoms with Gasteiger partial charge in [-0.15, -0.1) is 11.6 Å². The van der Waals surface area contributed by atoms with Crippen molar-refractivity contribution in [2.24, 2.45) is 5.92 Å². The van der Waals surface area contributed by atoms with E-state index in [4.69, 9.17) is 16.3 Å². The Morgan fingerprint density at radius 3 is 2.84 bits per heavy atom. The van der Waals surface area contributed by atoms with E-state index in [1.165, 1.54) is 0 Å². The highest BCUT2D eigenvalue weighted by atomic mass is 35.5. The van der Waals surface area contributed by atoms with Crippen LogP contribution in [0.1, 0.15) is 39.4 Å². The minimum absolute atomic E-state index is 0.217. The smallest absolute Gasteiger partial charge is 0.410 e. The van der Waals surface area contributed by atoms with Gasteiger partial charge in [0.05, 0.1) is 16.9 Å². The molecule has 1 saturated heterocycles. The first-order valence-electron chi connectivity index (χ1n) is 8.85. The summed E-state index contributed by atoms with van der Waals surface area (Å²) in [5, 5.41) is 0. The van der Waals surface area contributed by atoms with Crippen LogP contribution in [0.2, 0.25) is 0 Å². The lowest BCUT2D eigenvalue weighted by molar-refractivity contribution is 0.0157. The fourth-order valence-electron chi connectivity index (χ4n) is 3.40. The van der Waals surface area contributed by atoms with Crippen LogP contribution in [0.3, 0.4) is 0 Å². The molecule has 1 fully saturated rings. The van der Waals surface area contributed by atoms with Gasteiger partial charge in [0.2, 0.25) is 0 Å². The highest BCUT2D eigenvalue weighted by Gasteiger charge is 2.28. The molecule has 1 aliphatic rings. The molecule has 6 heteroatoms. The number of carbonyl (C=O) groups is 1. The van der Waals surface area contributed by atoms with Gasteiger partial charge in [-0.1, -0.05) is 12.1 Å². The summed E-state index contributed by atoms with van der Waals surface area (Å²) in [5.74, 6) is 1.65. The van der Waals surface area contributed by atoms with Gasteiger partial charge in [0.25, 0.3) is 0 Å². The third-order valence-corrected chi connectivity index (χ3v) is 4.70. The second-order valence-electron chi connectivity index (χ2n) is 7.70. The molecule has 2 heterocycles. The topological polar surface area (TPSA) is 47.4 Å². The quantitative estimate of drug-likeness (QED) is 0.758. The molecule has 0 aliphatic carbocycles. The van der Waals surface area contributed by atoms with Crippen LogP contribution >= 0.6 is 11.6 Å². The van der Waals surface area contributed by atoms with E-state index in [1.807, 2.05) is 43.9 Å². The number of benzene rings is 1. The average molecular weight is 364 g/mol. The van der Waals surface area contributed by atoms with Crippen molar-refractivity contribution >= 4 is 28.7 Å². The number of ether oxygens (including phenoxy) is 1. The van der Waals surface area contributed by atoms with Gasteiger partial charge in [0.15, 0.2) is 0 Å². The first-order valence-corrected chi connectivity index (χ1v) is 9.39. The highest BCUT2D eigenvalue weighted by Crippen LogP contribution is 2.24. The van der Waals surface area contributed by atoms with Crippen molar-refractivity contribution < 1.29 is 9.53 Å². The Morgan fingerprint density at radius 1 is 1.36 bits per heavy atom. The maximum absolute atomic E-state index is 12.4. The summed E-state index contributed by atoms with van der Waals surface area (Å²) in [6.45, 7) is 7.99. The number of halogens is 1. The number of nitrogens with zero attached hydrogens (tertiary/aromatic N) is 3. The molecular formula is C19H26ClN3O2. The Bertz CT molecular complexity index is 751. The van der Waals surface area contributed by atoms with Crippen LogP contribution in [-0.2, 0) is 17.2 Å². The molecule has 1 amide bonds. The van der Waals surface area contributed by atoms with Crippen molar-refractivity contribution in [1.82, 2.24) is 14.5 Å². The summed E-state index contributed by atoms with van der Waals surface area (Å²) in [5.41, 5.74) is 1.61. The minimum Gasteiger partial charge on any atom is -0.444 e. The van der Waals surface area contributed by atoms with E-state index < -0.39 is 5.60 Å². The van der Waals surface area contributed by atoms with E-state index in [0.717, 1.165) is 42.8 Å². The zero-order chi connectivity index (χ0) is 18.0. The second kappa shape index (κ2) is 7.24. The summed E-state index contributed by atoms with van der Waals surface area (Å²) in [4.78, 5) is 18.8. The molecule has 0 radical (unpaired) electrons. The van der Waals surface area contributed by atoms with Crippen LogP contribution in [-0.4, -0.2) is 39.2 Å². The highest BCUT2D eigenvalue weighted by molar-refractivity contribution is 6.16. The maximum Gasteiger partial charge on any atom is 0.410 e. The van der Waals surface area contributed by atoms with Crippen LogP contribution in [0.5, 0.6) is 0 Å². The van der Waals surface area contributed by atoms with Crippen molar-refractivity contribution in [2.45, 2.75) is 51.6 Å². The summed E-state index contributed by atoms with van der Waals surface area (Å²) in [6, 6.07) is 8.09. The van der Waals surface area contributed by atoms with Crippen LogP contribution in [0.25, 0.3) is 11.0 Å². The Morgan fingerprint density at radius 2 is 2.12 bits per heavy atom. The summed E-state index contributed by atoms with van der Waals surface area (Å²) in [7, 11) is 0. The average Bonchev–Trinajstić information content (AvgIpc) is 2.91. The van der Waals surface area contributed by atoms with E-state index in [-0.39, 0.29) is 6.09 Å². The van der Waals surface area contributed by atoms with Crippen molar-refractivity contribution in [3.05, 3.63) is 30.1 Å². The number of alkyl halides is 1. The van der Waals surface area contributed by atoms with Gasteiger partial charge in [0, 0.05) is 19.6 Å². The van der Waals surface area contributed by atoms with E-state index in [1.54, 1.807) is 0 Å². The first-order chi connectivity index (χ1) is 11.9. The van der Waals surface area contributed by atoms with Gasteiger partial charge >= 0.3 is 6.09 Å². The van der Waals surface area contributed by atoms with Gasteiger partial charge in [-0.2, -0.15) is 0 Å². The SMILES string of the molecule is CC(C)(C)OC(=O)N1CCC[C@H](Cn2c(CCl)nc3ccccc32)C1. The monoisotopic (exact) mass is 363 g/mol. The van der Waals surface area contributed by atoms with E-state index in [0.29, 0.717) is 18.3 Å². The van der Waals surface area contributed by atoms with Gasteiger partial charge in [0.1, 0.15) is 11.4 Å². The van der Waals surface area contributed by atoms with Crippen molar-refractivity contribution in [1.29, 1.82) is 0 Å². The van der Waals surface area contributed by atoms with Gasteiger partial charge in [-0.05, 0) is 51.7 Å². The number of aromatic nitrogens is 2. The van der Waals surface area contributed by atoms with Gasteiger partial charge in [-0.25, -0.2) is 9.78 Å². The standard InChI is InChI=1S/C19H26ClN3O2/c1-19(2,3)25-18(24)22-10-6-7-14(12-22)13-23-16-9-5-4-8-15(16)21-17(23)11-20/h4-5,8-9,14H,6-7,10-13H2,1-3H3/t14-/m0/s1. The Kier molecular flexibility index (Phi) is 5.23. The Balaban J connectivity index is 1.74.